The van der Waals surface area contributed by atoms with Crippen molar-refractivity contribution < 1.29 is 14.3 Å². The van der Waals surface area contributed by atoms with E-state index in [0.29, 0.717) is 34.0 Å². The Labute approximate surface area is 185 Å². The van der Waals surface area contributed by atoms with Gasteiger partial charge in [0.2, 0.25) is 0 Å². The lowest BCUT2D eigenvalue weighted by Crippen LogP contribution is -2.16. The van der Waals surface area contributed by atoms with Gasteiger partial charge in [-0.15, -0.1) is 0 Å². The summed E-state index contributed by atoms with van der Waals surface area (Å²) in [6.07, 6.45) is 3.21. The second-order valence-corrected chi connectivity index (χ2v) is 7.12. The van der Waals surface area contributed by atoms with Gasteiger partial charge in [-0.1, -0.05) is 30.3 Å². The van der Waals surface area contributed by atoms with Crippen LogP contribution in [0.2, 0.25) is 0 Å². The van der Waals surface area contributed by atoms with Gasteiger partial charge in [-0.2, -0.15) is 0 Å². The average Bonchev–Trinajstić information content (AvgIpc) is 2.82. The summed E-state index contributed by atoms with van der Waals surface area (Å²) >= 11 is 0. The van der Waals surface area contributed by atoms with Crippen LogP contribution in [-0.4, -0.2) is 16.8 Å². The molecule has 0 atom stereocenters. The smallest absolute Gasteiger partial charge is 0.256 e. The SMILES string of the molecule is Cc1ccc(NC(=O)c2cccc(Oc3ccccc3)c2)cc1C(=O)Nc1cccnc1. The molecule has 1 aromatic heterocycles. The number of aromatic nitrogens is 1. The zero-order valence-electron chi connectivity index (χ0n) is 17.4. The van der Waals surface area contributed by atoms with Crippen LogP contribution in [0.3, 0.4) is 0 Å². The number of benzene rings is 3. The number of nitrogens with zero attached hydrogens (tertiary/aromatic N) is 1. The maximum absolute atomic E-state index is 12.8. The first kappa shape index (κ1) is 20.8. The normalized spacial score (nSPS) is 10.3. The van der Waals surface area contributed by atoms with Gasteiger partial charge < -0.3 is 15.4 Å². The van der Waals surface area contributed by atoms with E-state index < -0.39 is 0 Å². The van der Waals surface area contributed by atoms with Crippen molar-refractivity contribution in [2.75, 3.05) is 10.6 Å². The molecule has 3 aromatic carbocycles. The topological polar surface area (TPSA) is 80.3 Å². The third-order valence-corrected chi connectivity index (χ3v) is 4.73. The van der Waals surface area contributed by atoms with Gasteiger partial charge in [-0.3, -0.25) is 14.6 Å². The Morgan fingerprint density at radius 1 is 0.750 bits per heavy atom. The van der Waals surface area contributed by atoms with Crippen molar-refractivity contribution >= 4 is 23.2 Å². The molecule has 0 aliphatic rings. The predicted molar refractivity (Wildman–Crippen MR) is 124 cm³/mol. The Morgan fingerprint density at radius 3 is 2.31 bits per heavy atom. The summed E-state index contributed by atoms with van der Waals surface area (Å²) in [6.45, 7) is 1.84. The molecule has 0 unspecified atom stereocenters. The highest BCUT2D eigenvalue weighted by Gasteiger charge is 2.13. The maximum atomic E-state index is 12.8. The average molecular weight is 423 g/mol. The van der Waals surface area contributed by atoms with Gasteiger partial charge in [0.25, 0.3) is 11.8 Å². The zero-order valence-corrected chi connectivity index (χ0v) is 17.4. The molecule has 0 fully saturated rings. The molecule has 2 N–H and O–H groups in total. The molecule has 0 saturated heterocycles. The molecule has 32 heavy (non-hydrogen) atoms. The van der Waals surface area contributed by atoms with E-state index in [-0.39, 0.29) is 11.8 Å². The second-order valence-electron chi connectivity index (χ2n) is 7.12. The Hall–Kier alpha value is -4.45. The fraction of sp³-hybridized carbons (Fsp3) is 0.0385. The van der Waals surface area contributed by atoms with Crippen molar-refractivity contribution in [3.05, 3.63) is 114 Å². The third-order valence-electron chi connectivity index (χ3n) is 4.73. The van der Waals surface area contributed by atoms with Crippen molar-refractivity contribution in [1.82, 2.24) is 4.98 Å². The standard InChI is InChI=1S/C26H21N3O3/c1-18-12-13-20(16-24(18)26(31)29-21-8-6-14-27-17-21)28-25(30)19-7-5-11-23(15-19)32-22-9-3-2-4-10-22/h2-17H,1H3,(H,28,30)(H,29,31). The summed E-state index contributed by atoms with van der Waals surface area (Å²) in [6, 6.07) is 25.0. The lowest BCUT2D eigenvalue weighted by Gasteiger charge is -2.11. The van der Waals surface area contributed by atoms with Gasteiger partial charge in [0, 0.05) is 23.0 Å². The molecule has 6 heteroatoms. The highest BCUT2D eigenvalue weighted by molar-refractivity contribution is 6.08. The predicted octanol–water partition coefficient (Wildman–Crippen LogP) is 5.69. The van der Waals surface area contributed by atoms with Crippen LogP contribution in [0.1, 0.15) is 26.3 Å². The number of hydrogen-bond donors (Lipinski definition) is 2. The van der Waals surface area contributed by atoms with Crippen molar-refractivity contribution in [3.63, 3.8) is 0 Å². The summed E-state index contributed by atoms with van der Waals surface area (Å²) in [5.41, 5.74) is 2.82. The van der Waals surface area contributed by atoms with Crippen molar-refractivity contribution in [3.8, 4) is 11.5 Å². The molecule has 4 rings (SSSR count). The molecule has 0 aliphatic carbocycles. The largest absolute Gasteiger partial charge is 0.457 e. The molecule has 0 saturated carbocycles. The van der Waals surface area contributed by atoms with Gasteiger partial charge in [-0.05, 0) is 67.1 Å². The van der Waals surface area contributed by atoms with E-state index in [1.54, 1.807) is 67.0 Å². The van der Waals surface area contributed by atoms with E-state index in [1.807, 2.05) is 37.3 Å². The highest BCUT2D eigenvalue weighted by atomic mass is 16.5. The van der Waals surface area contributed by atoms with Crippen LogP contribution in [-0.2, 0) is 0 Å². The second kappa shape index (κ2) is 9.57. The Kier molecular flexibility index (Phi) is 6.22. The molecule has 0 radical (unpaired) electrons. The quantitative estimate of drug-likeness (QED) is 0.418. The van der Waals surface area contributed by atoms with Gasteiger partial charge in [-0.25, -0.2) is 0 Å². The molecule has 4 aromatic rings. The van der Waals surface area contributed by atoms with Crippen LogP contribution >= 0.6 is 0 Å². The van der Waals surface area contributed by atoms with Crippen LogP contribution in [0.4, 0.5) is 11.4 Å². The van der Waals surface area contributed by atoms with Crippen molar-refractivity contribution in [2.24, 2.45) is 0 Å². The summed E-state index contributed by atoms with van der Waals surface area (Å²) < 4.78 is 5.80. The Bertz CT molecular complexity index is 1240. The van der Waals surface area contributed by atoms with Gasteiger partial charge in [0.1, 0.15) is 11.5 Å². The number of carbonyl (C=O) groups excluding carboxylic acids is 2. The summed E-state index contributed by atoms with van der Waals surface area (Å²) in [5, 5.41) is 5.66. The van der Waals surface area contributed by atoms with Crippen LogP contribution in [0, 0.1) is 6.92 Å². The lowest BCUT2D eigenvalue weighted by molar-refractivity contribution is 0.101. The lowest BCUT2D eigenvalue weighted by atomic mass is 10.1. The summed E-state index contributed by atoms with van der Waals surface area (Å²) in [5.74, 6) is 0.674. The molecule has 2 amide bonds. The minimum atomic E-state index is -0.300. The van der Waals surface area contributed by atoms with Crippen LogP contribution in [0.25, 0.3) is 0 Å². The van der Waals surface area contributed by atoms with Gasteiger partial charge in [0.15, 0.2) is 0 Å². The summed E-state index contributed by atoms with van der Waals surface area (Å²) in [4.78, 5) is 29.5. The molecule has 158 valence electrons. The monoisotopic (exact) mass is 423 g/mol. The van der Waals surface area contributed by atoms with E-state index in [2.05, 4.69) is 15.6 Å². The van der Waals surface area contributed by atoms with E-state index in [4.69, 9.17) is 4.74 Å². The molecular formula is C26H21N3O3. The molecule has 0 bridgehead atoms. The third kappa shape index (κ3) is 5.17. The van der Waals surface area contributed by atoms with Gasteiger partial charge >= 0.3 is 0 Å². The number of carbonyl (C=O) groups is 2. The first-order valence-electron chi connectivity index (χ1n) is 10.0. The number of hydrogen-bond acceptors (Lipinski definition) is 4. The highest BCUT2D eigenvalue weighted by Crippen LogP contribution is 2.23. The number of pyridine rings is 1. The first-order chi connectivity index (χ1) is 15.6. The fourth-order valence-corrected chi connectivity index (χ4v) is 3.11. The van der Waals surface area contributed by atoms with E-state index >= 15 is 0 Å². The van der Waals surface area contributed by atoms with Crippen molar-refractivity contribution in [2.45, 2.75) is 6.92 Å². The number of anilines is 2. The number of aryl methyl sites for hydroxylation is 1. The van der Waals surface area contributed by atoms with Crippen LogP contribution in [0.5, 0.6) is 11.5 Å². The van der Waals surface area contributed by atoms with Crippen molar-refractivity contribution in [1.29, 1.82) is 0 Å². The minimum absolute atomic E-state index is 0.273. The van der Waals surface area contributed by atoms with E-state index in [0.717, 1.165) is 5.56 Å². The number of ether oxygens (including phenoxy) is 1. The number of rotatable bonds is 6. The fourth-order valence-electron chi connectivity index (χ4n) is 3.11. The molecule has 0 spiro atoms. The molecule has 1 heterocycles. The number of amides is 2. The van der Waals surface area contributed by atoms with Crippen LogP contribution < -0.4 is 15.4 Å². The molecular weight excluding hydrogens is 402 g/mol. The molecule has 6 nitrogen and oxygen atoms in total. The zero-order chi connectivity index (χ0) is 22.3. The first-order valence-corrected chi connectivity index (χ1v) is 10.0. The minimum Gasteiger partial charge on any atom is -0.457 e. The number of nitrogens with one attached hydrogen (secondary N) is 2. The summed E-state index contributed by atoms with van der Waals surface area (Å²) in [7, 11) is 0. The van der Waals surface area contributed by atoms with Crippen LogP contribution in [0.15, 0.2) is 97.3 Å². The molecule has 0 aliphatic heterocycles. The van der Waals surface area contributed by atoms with Gasteiger partial charge in [0.05, 0.1) is 11.9 Å². The van der Waals surface area contributed by atoms with E-state index in [9.17, 15) is 9.59 Å². The Balaban J connectivity index is 1.48. The Morgan fingerprint density at radius 2 is 1.53 bits per heavy atom. The van der Waals surface area contributed by atoms with E-state index in [1.165, 1.54) is 0 Å². The number of para-hydroxylation sites is 1. The maximum Gasteiger partial charge on any atom is 0.256 e.